The van der Waals surface area contributed by atoms with Crippen molar-refractivity contribution >= 4 is 0 Å². The summed E-state index contributed by atoms with van der Waals surface area (Å²) in [6.07, 6.45) is 3.89. The van der Waals surface area contributed by atoms with Crippen molar-refractivity contribution in [2.24, 2.45) is 0 Å². The largest absolute Gasteiger partial charge is 0.489 e. The second kappa shape index (κ2) is 5.36. The van der Waals surface area contributed by atoms with Crippen molar-refractivity contribution in [1.29, 1.82) is 0 Å². The van der Waals surface area contributed by atoms with Crippen molar-refractivity contribution < 1.29 is 9.47 Å². The molecule has 5 nitrogen and oxygen atoms in total. The van der Waals surface area contributed by atoms with Crippen molar-refractivity contribution in [2.45, 2.75) is 51.7 Å². The summed E-state index contributed by atoms with van der Waals surface area (Å²) in [5.74, 6) is 0.925. The molecule has 0 saturated heterocycles. The zero-order valence-corrected chi connectivity index (χ0v) is 14.3. The Labute approximate surface area is 141 Å². The topological polar surface area (TPSA) is 53.4 Å². The standard InChI is InChI=1S/C19H22N2O3/c1-12-8-15-13(4-6-19(15,2)3)9-16(12)23-11-14-10-21-7-5-17(22)20-18(21)24-14/h5,7-9,14H,4,6,10-11H2,1-3H3. The molecule has 1 aliphatic heterocycles. The number of nitrogens with zero attached hydrogens (tertiary/aromatic N) is 2. The number of fused-ring (bicyclic) bond motifs is 2. The predicted octanol–water partition coefficient (Wildman–Crippen LogP) is 2.62. The Balaban J connectivity index is 1.47. The first kappa shape index (κ1) is 15.2. The fourth-order valence-corrected chi connectivity index (χ4v) is 3.63. The van der Waals surface area contributed by atoms with Gasteiger partial charge in [-0.25, -0.2) is 0 Å². The van der Waals surface area contributed by atoms with Gasteiger partial charge in [0.25, 0.3) is 11.6 Å². The maximum absolute atomic E-state index is 11.3. The van der Waals surface area contributed by atoms with Crippen LogP contribution in [0.2, 0.25) is 0 Å². The number of aromatic nitrogens is 2. The van der Waals surface area contributed by atoms with E-state index in [2.05, 4.69) is 37.9 Å². The summed E-state index contributed by atoms with van der Waals surface area (Å²) in [5.41, 5.74) is 3.97. The van der Waals surface area contributed by atoms with Gasteiger partial charge in [0, 0.05) is 12.3 Å². The van der Waals surface area contributed by atoms with E-state index in [4.69, 9.17) is 9.47 Å². The lowest BCUT2D eigenvalue weighted by molar-refractivity contribution is 0.143. The Morgan fingerprint density at radius 3 is 3.08 bits per heavy atom. The average Bonchev–Trinajstić information content (AvgIpc) is 3.06. The molecular formula is C19H22N2O3. The molecule has 126 valence electrons. The van der Waals surface area contributed by atoms with Crippen LogP contribution in [0.25, 0.3) is 0 Å². The molecule has 2 aromatic rings. The van der Waals surface area contributed by atoms with E-state index in [1.54, 1.807) is 6.20 Å². The molecule has 0 saturated carbocycles. The van der Waals surface area contributed by atoms with Crippen LogP contribution in [0.3, 0.4) is 0 Å². The van der Waals surface area contributed by atoms with Gasteiger partial charge in [-0.05, 0) is 47.9 Å². The summed E-state index contributed by atoms with van der Waals surface area (Å²) in [4.78, 5) is 15.2. The molecule has 1 unspecified atom stereocenters. The molecule has 0 bridgehead atoms. The van der Waals surface area contributed by atoms with Crippen LogP contribution in [-0.2, 0) is 18.4 Å². The zero-order valence-electron chi connectivity index (χ0n) is 14.3. The van der Waals surface area contributed by atoms with Gasteiger partial charge in [0.15, 0.2) is 6.10 Å². The van der Waals surface area contributed by atoms with Gasteiger partial charge in [-0.1, -0.05) is 19.9 Å². The number of hydrogen-bond donors (Lipinski definition) is 0. The Bertz CT molecular complexity index is 854. The molecule has 1 aromatic heterocycles. The van der Waals surface area contributed by atoms with Crippen molar-refractivity contribution in [3.8, 4) is 11.8 Å². The molecule has 0 fully saturated rings. The summed E-state index contributed by atoms with van der Waals surface area (Å²) in [5, 5.41) is 0. The van der Waals surface area contributed by atoms with Crippen LogP contribution in [0.4, 0.5) is 0 Å². The summed E-state index contributed by atoms with van der Waals surface area (Å²) in [6, 6.07) is 6.27. The van der Waals surface area contributed by atoms with Gasteiger partial charge in [0.05, 0.1) is 6.54 Å². The molecule has 1 aromatic carbocycles. The van der Waals surface area contributed by atoms with Crippen LogP contribution >= 0.6 is 0 Å². The van der Waals surface area contributed by atoms with Gasteiger partial charge in [-0.2, -0.15) is 4.98 Å². The first-order valence-electron chi connectivity index (χ1n) is 8.43. The van der Waals surface area contributed by atoms with Gasteiger partial charge < -0.3 is 9.47 Å². The molecule has 0 amide bonds. The first-order chi connectivity index (χ1) is 11.4. The van der Waals surface area contributed by atoms with Crippen LogP contribution in [0.5, 0.6) is 11.8 Å². The highest BCUT2D eigenvalue weighted by Gasteiger charge is 2.31. The molecule has 2 heterocycles. The summed E-state index contributed by atoms with van der Waals surface area (Å²) < 4.78 is 13.6. The van der Waals surface area contributed by atoms with Crippen molar-refractivity contribution in [2.75, 3.05) is 6.61 Å². The lowest BCUT2D eigenvalue weighted by Gasteiger charge is -2.20. The van der Waals surface area contributed by atoms with E-state index in [1.165, 1.54) is 23.6 Å². The highest BCUT2D eigenvalue weighted by Crippen LogP contribution is 2.41. The minimum absolute atomic E-state index is 0.122. The first-order valence-corrected chi connectivity index (χ1v) is 8.43. The highest BCUT2D eigenvalue weighted by molar-refractivity contribution is 5.47. The van der Waals surface area contributed by atoms with Crippen LogP contribution in [0.1, 0.15) is 37.0 Å². The van der Waals surface area contributed by atoms with Gasteiger partial charge >= 0.3 is 0 Å². The Morgan fingerprint density at radius 2 is 2.25 bits per heavy atom. The fourth-order valence-electron chi connectivity index (χ4n) is 3.63. The third kappa shape index (κ3) is 2.58. The van der Waals surface area contributed by atoms with Crippen molar-refractivity contribution in [1.82, 2.24) is 9.55 Å². The van der Waals surface area contributed by atoms with Gasteiger partial charge in [-0.3, -0.25) is 9.36 Å². The average molecular weight is 326 g/mol. The Hall–Kier alpha value is -2.30. The number of hydrogen-bond acceptors (Lipinski definition) is 4. The van der Waals surface area contributed by atoms with Crippen LogP contribution < -0.4 is 15.0 Å². The smallest absolute Gasteiger partial charge is 0.300 e. The maximum Gasteiger partial charge on any atom is 0.300 e. The summed E-state index contributed by atoms with van der Waals surface area (Å²) >= 11 is 0. The molecule has 2 aliphatic rings. The van der Waals surface area contributed by atoms with E-state index >= 15 is 0 Å². The third-order valence-corrected chi connectivity index (χ3v) is 5.09. The molecular weight excluding hydrogens is 304 g/mol. The molecule has 1 aliphatic carbocycles. The summed E-state index contributed by atoms with van der Waals surface area (Å²) in [7, 11) is 0. The van der Waals surface area contributed by atoms with Crippen LogP contribution in [-0.4, -0.2) is 22.3 Å². The lowest BCUT2D eigenvalue weighted by atomic mass is 9.86. The molecule has 4 rings (SSSR count). The molecule has 5 heteroatoms. The van der Waals surface area contributed by atoms with Gasteiger partial charge in [-0.15, -0.1) is 0 Å². The molecule has 0 spiro atoms. The third-order valence-electron chi connectivity index (χ3n) is 5.09. The van der Waals surface area contributed by atoms with E-state index in [1.807, 2.05) is 4.57 Å². The molecule has 24 heavy (non-hydrogen) atoms. The van der Waals surface area contributed by atoms with Crippen LogP contribution in [0, 0.1) is 6.92 Å². The number of rotatable bonds is 3. The predicted molar refractivity (Wildman–Crippen MR) is 90.9 cm³/mol. The van der Waals surface area contributed by atoms with E-state index in [-0.39, 0.29) is 17.1 Å². The van der Waals surface area contributed by atoms with Gasteiger partial charge in [0.1, 0.15) is 12.4 Å². The Morgan fingerprint density at radius 1 is 1.42 bits per heavy atom. The maximum atomic E-state index is 11.3. The highest BCUT2D eigenvalue weighted by atomic mass is 16.6. The quantitative estimate of drug-likeness (QED) is 0.870. The SMILES string of the molecule is Cc1cc2c(cc1OCC1Cn3ccc(=O)nc3O1)CCC2(C)C. The number of benzene rings is 1. The monoisotopic (exact) mass is 326 g/mol. The van der Waals surface area contributed by atoms with E-state index < -0.39 is 0 Å². The van der Waals surface area contributed by atoms with Gasteiger partial charge in [0.2, 0.25) is 0 Å². The molecule has 0 N–H and O–H groups in total. The lowest BCUT2D eigenvalue weighted by Crippen LogP contribution is -2.23. The van der Waals surface area contributed by atoms with E-state index in [0.29, 0.717) is 19.2 Å². The fraction of sp³-hybridized carbons (Fsp3) is 0.474. The number of aryl methyl sites for hydroxylation is 2. The second-order valence-electron chi connectivity index (χ2n) is 7.41. The minimum Gasteiger partial charge on any atom is -0.489 e. The van der Waals surface area contributed by atoms with Crippen molar-refractivity contribution in [3.63, 3.8) is 0 Å². The zero-order chi connectivity index (χ0) is 16.9. The van der Waals surface area contributed by atoms with Crippen LogP contribution in [0.15, 0.2) is 29.2 Å². The van der Waals surface area contributed by atoms with E-state index in [9.17, 15) is 4.79 Å². The normalized spacial score (nSPS) is 20.4. The van der Waals surface area contributed by atoms with E-state index in [0.717, 1.165) is 17.7 Å². The second-order valence-corrected chi connectivity index (χ2v) is 7.41. The molecule has 1 atom stereocenters. The minimum atomic E-state index is -0.278. The number of ether oxygens (including phenoxy) is 2. The summed E-state index contributed by atoms with van der Waals surface area (Å²) in [6.45, 7) is 7.79. The molecule has 0 radical (unpaired) electrons. The Kier molecular flexibility index (Phi) is 3.41. The van der Waals surface area contributed by atoms with Crippen molar-refractivity contribution in [3.05, 3.63) is 51.4 Å².